The van der Waals surface area contributed by atoms with Gasteiger partial charge in [-0.3, -0.25) is 0 Å². The quantitative estimate of drug-likeness (QED) is 0.847. The van der Waals surface area contributed by atoms with Gasteiger partial charge in [-0.2, -0.15) is 0 Å². The van der Waals surface area contributed by atoms with E-state index >= 15 is 0 Å². The van der Waals surface area contributed by atoms with E-state index in [9.17, 15) is 5.11 Å². The van der Waals surface area contributed by atoms with E-state index in [0.717, 1.165) is 25.2 Å². The highest BCUT2D eigenvalue weighted by atomic mass is 32.1. The first-order valence-corrected chi connectivity index (χ1v) is 7.23. The number of thiophene rings is 1. The molecule has 3 unspecified atom stereocenters. The molecule has 16 heavy (non-hydrogen) atoms. The fourth-order valence-electron chi connectivity index (χ4n) is 2.85. The van der Waals surface area contributed by atoms with Crippen LogP contribution >= 0.6 is 11.3 Å². The van der Waals surface area contributed by atoms with Crippen LogP contribution in [-0.4, -0.2) is 10.7 Å². The average molecular weight is 238 g/mol. The maximum absolute atomic E-state index is 10.7. The third-order valence-corrected chi connectivity index (χ3v) is 5.06. The second-order valence-corrected chi connectivity index (χ2v) is 6.50. The van der Waals surface area contributed by atoms with E-state index in [1.165, 1.54) is 17.7 Å². The summed E-state index contributed by atoms with van der Waals surface area (Å²) < 4.78 is 0. The summed E-state index contributed by atoms with van der Waals surface area (Å²) in [6, 6.07) is 4.26. The lowest BCUT2D eigenvalue weighted by molar-refractivity contribution is -0.0587. The van der Waals surface area contributed by atoms with Crippen molar-refractivity contribution in [1.29, 1.82) is 0 Å². The predicted octanol–water partition coefficient (Wildman–Crippen LogP) is 3.87. The minimum Gasteiger partial charge on any atom is -0.390 e. The summed E-state index contributed by atoms with van der Waals surface area (Å²) in [6.07, 6.45) is 5.32. The number of aliphatic hydroxyl groups is 1. The molecule has 0 amide bonds. The van der Waals surface area contributed by atoms with Crippen LogP contribution in [-0.2, 0) is 6.42 Å². The third-order valence-electron chi connectivity index (χ3n) is 4.13. The summed E-state index contributed by atoms with van der Waals surface area (Å²) in [7, 11) is 0. The van der Waals surface area contributed by atoms with E-state index in [1.807, 2.05) is 0 Å². The Bertz CT molecular complexity index is 319. The highest BCUT2D eigenvalue weighted by Crippen LogP contribution is 2.39. The summed E-state index contributed by atoms with van der Waals surface area (Å²) in [6.45, 7) is 4.51. The highest BCUT2D eigenvalue weighted by molar-refractivity contribution is 7.09. The van der Waals surface area contributed by atoms with Gasteiger partial charge in [-0.05, 0) is 55.4 Å². The molecule has 0 bridgehead atoms. The number of aryl methyl sites for hydroxylation is 1. The molecular formula is C14H22OS. The maximum Gasteiger partial charge on any atom is 0.0676 e. The minimum absolute atomic E-state index is 0.406. The summed E-state index contributed by atoms with van der Waals surface area (Å²) in [5.74, 6) is 1.24. The molecule has 0 aromatic carbocycles. The smallest absolute Gasteiger partial charge is 0.0676 e. The van der Waals surface area contributed by atoms with Gasteiger partial charge in [0.15, 0.2) is 0 Å². The Morgan fingerprint density at radius 3 is 2.94 bits per heavy atom. The molecule has 1 aromatic rings. The van der Waals surface area contributed by atoms with E-state index in [-0.39, 0.29) is 0 Å². The lowest BCUT2D eigenvalue weighted by Gasteiger charge is -2.40. The first-order chi connectivity index (χ1) is 7.60. The summed E-state index contributed by atoms with van der Waals surface area (Å²) in [4.78, 5) is 1.40. The number of rotatable bonds is 3. The van der Waals surface area contributed by atoms with E-state index in [0.29, 0.717) is 5.92 Å². The molecule has 1 aliphatic rings. The third kappa shape index (κ3) is 2.67. The minimum atomic E-state index is -0.406. The van der Waals surface area contributed by atoms with Gasteiger partial charge in [-0.1, -0.05) is 19.9 Å². The zero-order valence-electron chi connectivity index (χ0n) is 10.3. The second kappa shape index (κ2) is 4.89. The van der Waals surface area contributed by atoms with Crippen LogP contribution in [0.2, 0.25) is 0 Å². The predicted molar refractivity (Wildman–Crippen MR) is 69.8 cm³/mol. The van der Waals surface area contributed by atoms with Crippen LogP contribution in [0.5, 0.6) is 0 Å². The van der Waals surface area contributed by atoms with Gasteiger partial charge >= 0.3 is 0 Å². The van der Waals surface area contributed by atoms with E-state index in [2.05, 4.69) is 31.4 Å². The van der Waals surface area contributed by atoms with E-state index in [4.69, 9.17) is 0 Å². The normalized spacial score (nSPS) is 35.2. The van der Waals surface area contributed by atoms with Crippen molar-refractivity contribution in [3.63, 3.8) is 0 Å². The summed E-state index contributed by atoms with van der Waals surface area (Å²) in [5, 5.41) is 12.8. The van der Waals surface area contributed by atoms with Crippen molar-refractivity contribution < 1.29 is 5.11 Å². The first kappa shape index (κ1) is 12.1. The van der Waals surface area contributed by atoms with Gasteiger partial charge in [0.05, 0.1) is 5.60 Å². The lowest BCUT2D eigenvalue weighted by Crippen LogP contribution is -2.41. The molecule has 0 aliphatic heterocycles. The van der Waals surface area contributed by atoms with Crippen molar-refractivity contribution in [2.45, 2.75) is 51.6 Å². The topological polar surface area (TPSA) is 20.2 Å². The van der Waals surface area contributed by atoms with E-state index in [1.54, 1.807) is 11.3 Å². The Kier molecular flexibility index (Phi) is 3.70. The molecule has 2 heteroatoms. The van der Waals surface area contributed by atoms with Crippen LogP contribution in [0.15, 0.2) is 17.5 Å². The zero-order chi connectivity index (χ0) is 11.6. The van der Waals surface area contributed by atoms with Gasteiger partial charge < -0.3 is 5.11 Å². The second-order valence-electron chi connectivity index (χ2n) is 5.46. The molecule has 0 radical (unpaired) electrons. The largest absolute Gasteiger partial charge is 0.390 e. The number of hydrogen-bond acceptors (Lipinski definition) is 2. The number of hydrogen-bond donors (Lipinski definition) is 1. The molecular weight excluding hydrogens is 216 g/mol. The van der Waals surface area contributed by atoms with Gasteiger partial charge in [0.1, 0.15) is 0 Å². The van der Waals surface area contributed by atoms with Crippen molar-refractivity contribution in [3.8, 4) is 0 Å². The molecule has 1 N–H and O–H groups in total. The Morgan fingerprint density at radius 1 is 1.50 bits per heavy atom. The van der Waals surface area contributed by atoms with Gasteiger partial charge in [0.2, 0.25) is 0 Å². The van der Waals surface area contributed by atoms with Gasteiger partial charge in [0.25, 0.3) is 0 Å². The first-order valence-electron chi connectivity index (χ1n) is 6.35. The fraction of sp³-hybridized carbons (Fsp3) is 0.714. The SMILES string of the molecule is CC1CCC(O)(CCc2cccs2)C(C)C1. The van der Waals surface area contributed by atoms with Gasteiger partial charge in [-0.25, -0.2) is 0 Å². The van der Waals surface area contributed by atoms with Crippen LogP contribution < -0.4 is 0 Å². The molecule has 1 saturated carbocycles. The Labute approximate surface area is 103 Å². The van der Waals surface area contributed by atoms with Crippen molar-refractivity contribution >= 4 is 11.3 Å². The molecule has 90 valence electrons. The molecule has 1 fully saturated rings. The van der Waals surface area contributed by atoms with Crippen molar-refractivity contribution in [3.05, 3.63) is 22.4 Å². The lowest BCUT2D eigenvalue weighted by atomic mass is 9.70. The zero-order valence-corrected chi connectivity index (χ0v) is 11.1. The van der Waals surface area contributed by atoms with Crippen LogP contribution in [0.1, 0.15) is 44.4 Å². The molecule has 3 atom stereocenters. The van der Waals surface area contributed by atoms with E-state index < -0.39 is 5.60 Å². The van der Waals surface area contributed by atoms with Crippen molar-refractivity contribution in [1.82, 2.24) is 0 Å². The summed E-state index contributed by atoms with van der Waals surface area (Å²) >= 11 is 1.80. The molecule has 1 aliphatic carbocycles. The molecule has 1 aromatic heterocycles. The van der Waals surface area contributed by atoms with Crippen molar-refractivity contribution in [2.24, 2.45) is 11.8 Å². The molecule has 1 heterocycles. The Balaban J connectivity index is 1.92. The molecule has 2 rings (SSSR count). The van der Waals surface area contributed by atoms with Crippen LogP contribution in [0, 0.1) is 11.8 Å². The monoisotopic (exact) mass is 238 g/mol. The standard InChI is InChI=1S/C14H22OS/c1-11-5-7-14(15,12(2)10-11)8-6-13-4-3-9-16-13/h3-4,9,11-12,15H,5-8,10H2,1-2H3. The summed E-state index contributed by atoms with van der Waals surface area (Å²) in [5.41, 5.74) is -0.406. The molecule has 0 saturated heterocycles. The van der Waals surface area contributed by atoms with Gasteiger partial charge in [-0.15, -0.1) is 11.3 Å². The molecule has 0 spiro atoms. The van der Waals surface area contributed by atoms with Crippen LogP contribution in [0.4, 0.5) is 0 Å². The Morgan fingerprint density at radius 2 is 2.31 bits per heavy atom. The highest BCUT2D eigenvalue weighted by Gasteiger charge is 2.37. The van der Waals surface area contributed by atoms with Gasteiger partial charge in [0, 0.05) is 4.88 Å². The maximum atomic E-state index is 10.7. The molecule has 1 nitrogen and oxygen atoms in total. The average Bonchev–Trinajstić information content (AvgIpc) is 2.75. The Hall–Kier alpha value is -0.340. The van der Waals surface area contributed by atoms with Crippen molar-refractivity contribution in [2.75, 3.05) is 0 Å². The van der Waals surface area contributed by atoms with Crippen LogP contribution in [0.25, 0.3) is 0 Å². The van der Waals surface area contributed by atoms with Crippen LogP contribution in [0.3, 0.4) is 0 Å². The fourth-order valence-corrected chi connectivity index (χ4v) is 3.56.